The number of hydrogen-bond donors (Lipinski definition) is 1. The number of aliphatic imine (C=N–C) groups is 1. The average molecular weight is 276 g/mol. The Morgan fingerprint density at radius 1 is 1.24 bits per heavy atom. The lowest BCUT2D eigenvalue weighted by molar-refractivity contribution is 1.27. The molecule has 0 saturated carbocycles. The minimum atomic E-state index is 0.789. The highest BCUT2D eigenvalue weighted by Crippen LogP contribution is 2.40. The molecule has 0 aliphatic carbocycles. The molecule has 21 heavy (non-hydrogen) atoms. The molecule has 0 radical (unpaired) electrons. The Balaban J connectivity index is 2.26. The third kappa shape index (κ3) is 2.48. The maximum absolute atomic E-state index is 4.44. The minimum Gasteiger partial charge on any atom is -0.338 e. The predicted molar refractivity (Wildman–Crippen MR) is 87.6 cm³/mol. The van der Waals surface area contributed by atoms with E-state index in [9.17, 15) is 0 Å². The number of aromatic nitrogens is 2. The molecule has 0 spiro atoms. The lowest BCUT2D eigenvalue weighted by Gasteiger charge is -2.09. The van der Waals surface area contributed by atoms with Crippen molar-refractivity contribution in [3.63, 3.8) is 0 Å². The number of anilines is 2. The molecule has 1 aliphatic rings. The maximum atomic E-state index is 4.44. The molecule has 0 unspecified atom stereocenters. The Kier molecular flexibility index (Phi) is 3.36. The van der Waals surface area contributed by atoms with Crippen LogP contribution in [-0.4, -0.2) is 15.7 Å². The van der Waals surface area contributed by atoms with Crippen molar-refractivity contribution in [2.45, 2.75) is 13.8 Å². The van der Waals surface area contributed by atoms with Crippen LogP contribution in [0.5, 0.6) is 0 Å². The quantitative estimate of drug-likeness (QED) is 0.799. The zero-order valence-electron chi connectivity index (χ0n) is 12.1. The van der Waals surface area contributed by atoms with E-state index in [1.54, 1.807) is 18.6 Å². The van der Waals surface area contributed by atoms with Gasteiger partial charge < -0.3 is 5.32 Å². The van der Waals surface area contributed by atoms with Crippen LogP contribution < -0.4 is 5.32 Å². The zero-order valence-corrected chi connectivity index (χ0v) is 12.1. The van der Waals surface area contributed by atoms with Crippen LogP contribution in [-0.2, 0) is 0 Å². The van der Waals surface area contributed by atoms with Gasteiger partial charge >= 0.3 is 0 Å². The number of rotatable bonds is 1. The first-order chi connectivity index (χ1) is 10.2. The summed E-state index contributed by atoms with van der Waals surface area (Å²) < 4.78 is 0. The standard InChI is InChI=1S/C17H16N4/c1-11(2)20-9-15-12(3)13-5-4-7-19-17(13)21-16-10-18-8-6-14(15)16/h4-10H,3H2,1-2H3,(H,19,21). The predicted octanol–water partition coefficient (Wildman–Crippen LogP) is 4.07. The van der Waals surface area contributed by atoms with Gasteiger partial charge in [0.25, 0.3) is 0 Å². The number of nitrogens with one attached hydrogen (secondary N) is 1. The van der Waals surface area contributed by atoms with Crippen molar-refractivity contribution >= 4 is 28.4 Å². The van der Waals surface area contributed by atoms with Crippen LogP contribution >= 0.6 is 0 Å². The van der Waals surface area contributed by atoms with Crippen LogP contribution in [0.1, 0.15) is 25.0 Å². The number of hydrogen-bond acceptors (Lipinski definition) is 4. The fraction of sp³-hybridized carbons (Fsp3) is 0.118. The molecule has 2 aromatic rings. The highest BCUT2D eigenvalue weighted by molar-refractivity contribution is 6.10. The smallest absolute Gasteiger partial charge is 0.138 e. The summed E-state index contributed by atoms with van der Waals surface area (Å²) in [7, 11) is 0. The molecule has 0 amide bonds. The van der Waals surface area contributed by atoms with E-state index < -0.39 is 0 Å². The molecule has 1 aliphatic heterocycles. The lowest BCUT2D eigenvalue weighted by Crippen LogP contribution is -1.95. The first kappa shape index (κ1) is 13.2. The monoisotopic (exact) mass is 276 g/mol. The number of fused-ring (bicyclic) bond motifs is 2. The van der Waals surface area contributed by atoms with Crippen LogP contribution in [0.3, 0.4) is 0 Å². The first-order valence-corrected chi connectivity index (χ1v) is 6.74. The van der Waals surface area contributed by atoms with Gasteiger partial charge in [-0.25, -0.2) is 4.98 Å². The van der Waals surface area contributed by atoms with Gasteiger partial charge in [0.2, 0.25) is 0 Å². The molecule has 4 nitrogen and oxygen atoms in total. The number of pyridine rings is 2. The van der Waals surface area contributed by atoms with E-state index in [1.165, 1.54) is 0 Å². The summed E-state index contributed by atoms with van der Waals surface area (Å²) in [6.07, 6.45) is 7.19. The zero-order chi connectivity index (χ0) is 14.8. The molecule has 1 N–H and O–H groups in total. The number of nitrogens with zero attached hydrogens (tertiary/aromatic N) is 3. The van der Waals surface area contributed by atoms with E-state index in [1.807, 2.05) is 38.2 Å². The molecule has 0 bridgehead atoms. The summed E-state index contributed by atoms with van der Waals surface area (Å²) in [4.78, 5) is 13.0. The Morgan fingerprint density at radius 3 is 2.90 bits per heavy atom. The van der Waals surface area contributed by atoms with Gasteiger partial charge in [0, 0.05) is 41.0 Å². The van der Waals surface area contributed by atoms with Crippen molar-refractivity contribution in [2.24, 2.45) is 4.99 Å². The van der Waals surface area contributed by atoms with Crippen molar-refractivity contribution in [3.8, 4) is 0 Å². The minimum absolute atomic E-state index is 0.789. The van der Waals surface area contributed by atoms with Gasteiger partial charge in [-0.3, -0.25) is 9.98 Å². The van der Waals surface area contributed by atoms with Gasteiger partial charge in [-0.1, -0.05) is 6.58 Å². The molecular weight excluding hydrogens is 260 g/mol. The molecular formula is C17H16N4. The molecule has 2 aromatic heterocycles. The Morgan fingerprint density at radius 2 is 2.10 bits per heavy atom. The Hall–Kier alpha value is -2.75. The molecule has 0 atom stereocenters. The molecule has 0 fully saturated rings. The Labute approximate surface area is 124 Å². The summed E-state index contributed by atoms with van der Waals surface area (Å²) in [6, 6.07) is 5.88. The van der Waals surface area contributed by atoms with Crippen LogP contribution in [0.25, 0.3) is 11.1 Å². The van der Waals surface area contributed by atoms with Crippen LogP contribution in [0.15, 0.2) is 54.6 Å². The molecule has 3 rings (SSSR count). The SMILES string of the molecule is C=C1C(=CN=C(C)C)c2ccncc2Nc2ncccc21. The highest BCUT2D eigenvalue weighted by Gasteiger charge is 2.20. The van der Waals surface area contributed by atoms with Gasteiger partial charge in [0.05, 0.1) is 11.9 Å². The van der Waals surface area contributed by atoms with Crippen LogP contribution in [0.4, 0.5) is 11.5 Å². The largest absolute Gasteiger partial charge is 0.338 e. The normalized spacial score (nSPS) is 14.8. The lowest BCUT2D eigenvalue weighted by atomic mass is 9.96. The molecule has 0 saturated heterocycles. The van der Waals surface area contributed by atoms with Crippen molar-refractivity contribution < 1.29 is 0 Å². The third-order valence-corrected chi connectivity index (χ3v) is 3.27. The van der Waals surface area contributed by atoms with Crippen molar-refractivity contribution in [2.75, 3.05) is 5.32 Å². The summed E-state index contributed by atoms with van der Waals surface area (Å²) >= 11 is 0. The van der Waals surface area contributed by atoms with E-state index in [2.05, 4.69) is 26.9 Å². The van der Waals surface area contributed by atoms with Gasteiger partial charge in [-0.15, -0.1) is 0 Å². The van der Waals surface area contributed by atoms with Gasteiger partial charge in [0.1, 0.15) is 5.82 Å². The summed E-state index contributed by atoms with van der Waals surface area (Å²) in [5.74, 6) is 0.789. The second-order valence-electron chi connectivity index (χ2n) is 5.04. The fourth-order valence-electron chi connectivity index (χ4n) is 2.25. The molecule has 4 heteroatoms. The highest BCUT2D eigenvalue weighted by atomic mass is 15.0. The van der Waals surface area contributed by atoms with E-state index in [0.717, 1.165) is 39.5 Å². The van der Waals surface area contributed by atoms with Gasteiger partial charge in [-0.2, -0.15) is 0 Å². The third-order valence-electron chi connectivity index (χ3n) is 3.27. The van der Waals surface area contributed by atoms with Crippen molar-refractivity contribution in [3.05, 3.63) is 60.7 Å². The van der Waals surface area contributed by atoms with Gasteiger partial charge in [-0.05, 0) is 37.6 Å². The summed E-state index contributed by atoms with van der Waals surface area (Å²) in [5, 5.41) is 3.33. The van der Waals surface area contributed by atoms with E-state index in [4.69, 9.17) is 0 Å². The van der Waals surface area contributed by atoms with Crippen LogP contribution in [0.2, 0.25) is 0 Å². The summed E-state index contributed by atoms with van der Waals surface area (Å²) in [5.41, 5.74) is 5.79. The Bertz CT molecular complexity index is 768. The molecule has 3 heterocycles. The summed E-state index contributed by atoms with van der Waals surface area (Å²) in [6.45, 7) is 8.18. The average Bonchev–Trinajstić information content (AvgIpc) is 2.60. The molecule has 104 valence electrons. The second kappa shape index (κ2) is 5.32. The molecule has 0 aromatic carbocycles. The maximum Gasteiger partial charge on any atom is 0.138 e. The van der Waals surface area contributed by atoms with Crippen molar-refractivity contribution in [1.82, 2.24) is 9.97 Å². The first-order valence-electron chi connectivity index (χ1n) is 6.74. The van der Waals surface area contributed by atoms with Gasteiger partial charge in [0.15, 0.2) is 0 Å². The van der Waals surface area contributed by atoms with E-state index >= 15 is 0 Å². The number of allylic oxidation sites excluding steroid dienone is 2. The van der Waals surface area contributed by atoms with Crippen LogP contribution in [0, 0.1) is 0 Å². The van der Waals surface area contributed by atoms with E-state index in [-0.39, 0.29) is 0 Å². The topological polar surface area (TPSA) is 50.2 Å². The second-order valence-corrected chi connectivity index (χ2v) is 5.04. The fourth-order valence-corrected chi connectivity index (χ4v) is 2.25. The van der Waals surface area contributed by atoms with E-state index in [0.29, 0.717) is 0 Å². The van der Waals surface area contributed by atoms with Crippen molar-refractivity contribution in [1.29, 1.82) is 0 Å².